The minimum absolute atomic E-state index is 0.0499. The Bertz CT molecular complexity index is 772. The second kappa shape index (κ2) is 6.30. The van der Waals surface area contributed by atoms with Gasteiger partial charge < -0.3 is 4.90 Å². The third-order valence-electron chi connectivity index (χ3n) is 5.03. The SMILES string of the molecule is CCC1(CC)C(=O)NC2=NCN(c3ccccc3C(F)(F)F)CN2C1=O. The molecular weight excluding hydrogens is 349 g/mol. The first kappa shape index (κ1) is 18.2. The molecule has 0 aliphatic carbocycles. The number of anilines is 1. The molecule has 0 aromatic heterocycles. The second-order valence-corrected chi connectivity index (χ2v) is 6.30. The highest BCUT2D eigenvalue weighted by atomic mass is 19.4. The number of fused-ring (bicyclic) bond motifs is 1. The van der Waals surface area contributed by atoms with Crippen LogP contribution in [0.2, 0.25) is 0 Å². The van der Waals surface area contributed by atoms with Crippen LogP contribution in [0.3, 0.4) is 0 Å². The van der Waals surface area contributed by atoms with Crippen molar-refractivity contribution in [3.63, 3.8) is 0 Å². The molecule has 2 amide bonds. The lowest BCUT2D eigenvalue weighted by atomic mass is 9.78. The van der Waals surface area contributed by atoms with Crippen LogP contribution >= 0.6 is 0 Å². The van der Waals surface area contributed by atoms with Gasteiger partial charge in [-0.2, -0.15) is 13.2 Å². The van der Waals surface area contributed by atoms with Crippen molar-refractivity contribution >= 4 is 23.5 Å². The first-order chi connectivity index (χ1) is 12.2. The summed E-state index contributed by atoms with van der Waals surface area (Å²) in [5.41, 5.74) is -2.05. The van der Waals surface area contributed by atoms with Crippen LogP contribution in [0.5, 0.6) is 0 Å². The summed E-state index contributed by atoms with van der Waals surface area (Å²) in [6.07, 6.45) is -3.91. The van der Waals surface area contributed by atoms with Gasteiger partial charge in [-0.15, -0.1) is 0 Å². The molecule has 2 aliphatic rings. The van der Waals surface area contributed by atoms with E-state index < -0.39 is 29.0 Å². The Morgan fingerprint density at radius 2 is 1.85 bits per heavy atom. The number of para-hydroxylation sites is 1. The van der Waals surface area contributed by atoms with Crippen LogP contribution in [0, 0.1) is 5.41 Å². The quantitative estimate of drug-likeness (QED) is 0.834. The zero-order valence-electron chi connectivity index (χ0n) is 14.4. The summed E-state index contributed by atoms with van der Waals surface area (Å²) in [5.74, 6) is -0.746. The molecule has 0 atom stereocenters. The summed E-state index contributed by atoms with van der Waals surface area (Å²) < 4.78 is 39.9. The first-order valence-electron chi connectivity index (χ1n) is 8.33. The number of rotatable bonds is 3. The molecule has 1 N–H and O–H groups in total. The number of alkyl halides is 3. The van der Waals surface area contributed by atoms with Crippen LogP contribution in [-0.2, 0) is 15.8 Å². The van der Waals surface area contributed by atoms with Crippen molar-refractivity contribution in [1.82, 2.24) is 10.2 Å². The first-order valence-corrected chi connectivity index (χ1v) is 8.33. The van der Waals surface area contributed by atoms with E-state index in [1.807, 2.05) is 0 Å². The second-order valence-electron chi connectivity index (χ2n) is 6.30. The Morgan fingerprint density at radius 1 is 1.19 bits per heavy atom. The van der Waals surface area contributed by atoms with E-state index in [-0.39, 0.29) is 25.0 Å². The highest BCUT2D eigenvalue weighted by Gasteiger charge is 2.51. The molecule has 0 bridgehead atoms. The maximum absolute atomic E-state index is 13.3. The van der Waals surface area contributed by atoms with Gasteiger partial charge in [0.1, 0.15) is 18.8 Å². The highest BCUT2D eigenvalue weighted by molar-refractivity contribution is 6.20. The molecule has 1 saturated heterocycles. The van der Waals surface area contributed by atoms with E-state index in [1.165, 1.54) is 28.0 Å². The number of halogens is 3. The van der Waals surface area contributed by atoms with Gasteiger partial charge in [-0.05, 0) is 25.0 Å². The smallest absolute Gasteiger partial charge is 0.333 e. The van der Waals surface area contributed by atoms with Gasteiger partial charge in [0, 0.05) is 0 Å². The van der Waals surface area contributed by atoms with Crippen molar-refractivity contribution in [2.24, 2.45) is 10.4 Å². The summed E-state index contributed by atoms with van der Waals surface area (Å²) >= 11 is 0. The van der Waals surface area contributed by atoms with Crippen LogP contribution in [0.1, 0.15) is 32.3 Å². The van der Waals surface area contributed by atoms with Crippen molar-refractivity contribution in [3.05, 3.63) is 29.8 Å². The monoisotopic (exact) mass is 368 g/mol. The van der Waals surface area contributed by atoms with Crippen LogP contribution in [0.25, 0.3) is 0 Å². The van der Waals surface area contributed by atoms with Crippen molar-refractivity contribution in [1.29, 1.82) is 0 Å². The van der Waals surface area contributed by atoms with Gasteiger partial charge in [0.05, 0.1) is 11.3 Å². The number of benzene rings is 1. The molecule has 6 nitrogen and oxygen atoms in total. The zero-order chi connectivity index (χ0) is 19.1. The molecule has 1 aromatic carbocycles. The highest BCUT2D eigenvalue weighted by Crippen LogP contribution is 2.38. The summed E-state index contributed by atoms with van der Waals surface area (Å²) in [6, 6.07) is 5.17. The summed E-state index contributed by atoms with van der Waals surface area (Å²) in [4.78, 5) is 32.1. The lowest BCUT2D eigenvalue weighted by Gasteiger charge is -2.44. The lowest BCUT2D eigenvalue weighted by molar-refractivity contribution is -0.151. The van der Waals surface area contributed by atoms with E-state index in [0.717, 1.165) is 6.07 Å². The minimum Gasteiger partial charge on any atom is -0.333 e. The average molecular weight is 368 g/mol. The van der Waals surface area contributed by atoms with E-state index in [2.05, 4.69) is 10.3 Å². The standard InChI is InChI=1S/C17H19F3N4O2/c1-3-16(4-2)13(25)22-15-21-9-23(10-24(15)14(16)26)12-8-6-5-7-11(12)17(18,19)20/h5-8H,3-4,9-10H2,1-2H3,(H,21,22,25). The molecule has 0 unspecified atom stereocenters. The van der Waals surface area contributed by atoms with E-state index in [1.54, 1.807) is 13.8 Å². The van der Waals surface area contributed by atoms with Crippen LogP contribution < -0.4 is 10.2 Å². The Kier molecular flexibility index (Phi) is 4.41. The van der Waals surface area contributed by atoms with Gasteiger partial charge in [0.15, 0.2) is 0 Å². The van der Waals surface area contributed by atoms with Crippen LogP contribution in [0.4, 0.5) is 18.9 Å². The molecule has 2 heterocycles. The molecule has 2 aliphatic heterocycles. The average Bonchev–Trinajstić information content (AvgIpc) is 2.62. The van der Waals surface area contributed by atoms with E-state index in [0.29, 0.717) is 12.8 Å². The van der Waals surface area contributed by atoms with Gasteiger partial charge >= 0.3 is 6.18 Å². The fourth-order valence-corrected chi connectivity index (χ4v) is 3.38. The maximum Gasteiger partial charge on any atom is 0.418 e. The predicted molar refractivity (Wildman–Crippen MR) is 89.1 cm³/mol. The Hall–Kier alpha value is -2.58. The van der Waals surface area contributed by atoms with Crippen molar-refractivity contribution in [3.8, 4) is 0 Å². The predicted octanol–water partition coefficient (Wildman–Crippen LogP) is 2.56. The third kappa shape index (κ3) is 2.71. The maximum atomic E-state index is 13.3. The summed E-state index contributed by atoms with van der Waals surface area (Å²) in [5, 5.41) is 2.63. The third-order valence-corrected chi connectivity index (χ3v) is 5.03. The van der Waals surface area contributed by atoms with Crippen LogP contribution in [0.15, 0.2) is 29.3 Å². The normalized spacial score (nSPS) is 19.8. The molecule has 0 spiro atoms. The number of hydrogen-bond acceptors (Lipinski definition) is 4. The van der Waals surface area contributed by atoms with Gasteiger partial charge in [-0.25, -0.2) is 4.99 Å². The number of carbonyl (C=O) groups is 2. The van der Waals surface area contributed by atoms with Gasteiger partial charge in [-0.1, -0.05) is 26.0 Å². The number of carbonyl (C=O) groups excluding carboxylic acids is 2. The molecule has 1 aromatic rings. The molecule has 26 heavy (non-hydrogen) atoms. The minimum atomic E-state index is -4.52. The van der Waals surface area contributed by atoms with E-state index in [4.69, 9.17) is 0 Å². The fraction of sp³-hybridized carbons (Fsp3) is 0.471. The van der Waals surface area contributed by atoms with Crippen molar-refractivity contribution in [2.45, 2.75) is 32.9 Å². The summed E-state index contributed by atoms with van der Waals surface area (Å²) in [6.45, 7) is 3.29. The molecule has 3 rings (SSSR count). The largest absolute Gasteiger partial charge is 0.418 e. The van der Waals surface area contributed by atoms with E-state index >= 15 is 0 Å². The van der Waals surface area contributed by atoms with Crippen molar-refractivity contribution in [2.75, 3.05) is 18.2 Å². The molecule has 9 heteroatoms. The topological polar surface area (TPSA) is 65.0 Å². The number of aliphatic imine (C=N–C) groups is 1. The van der Waals surface area contributed by atoms with Crippen molar-refractivity contribution < 1.29 is 22.8 Å². The number of nitrogens with one attached hydrogen (secondary N) is 1. The molecule has 1 fully saturated rings. The molecule has 0 saturated carbocycles. The van der Waals surface area contributed by atoms with E-state index in [9.17, 15) is 22.8 Å². The zero-order valence-corrected chi connectivity index (χ0v) is 14.4. The number of amides is 2. The summed E-state index contributed by atoms with van der Waals surface area (Å²) in [7, 11) is 0. The Morgan fingerprint density at radius 3 is 2.46 bits per heavy atom. The Balaban J connectivity index is 1.97. The van der Waals surface area contributed by atoms with Gasteiger partial charge in [0.25, 0.3) is 0 Å². The molecular formula is C17H19F3N4O2. The fourth-order valence-electron chi connectivity index (χ4n) is 3.38. The number of hydrogen-bond donors (Lipinski definition) is 1. The van der Waals surface area contributed by atoms with Gasteiger partial charge in [-0.3, -0.25) is 19.8 Å². The number of guanidine groups is 1. The molecule has 0 radical (unpaired) electrons. The number of nitrogens with zero attached hydrogens (tertiary/aromatic N) is 3. The Labute approximate surface area is 148 Å². The molecule has 140 valence electrons. The van der Waals surface area contributed by atoms with Crippen LogP contribution in [-0.4, -0.2) is 36.0 Å². The van der Waals surface area contributed by atoms with Gasteiger partial charge in [0.2, 0.25) is 17.8 Å². The lowest BCUT2D eigenvalue weighted by Crippen LogP contribution is -2.67.